The minimum Gasteiger partial charge on any atom is -0.386 e. The van der Waals surface area contributed by atoms with Gasteiger partial charge in [-0.3, -0.25) is 0 Å². The average molecular weight is 307 g/mol. The maximum atomic E-state index is 12.0. The molecule has 1 rings (SSSR count). The van der Waals surface area contributed by atoms with Gasteiger partial charge in [-0.05, 0) is 12.8 Å². The Hall–Kier alpha value is -0.320. The van der Waals surface area contributed by atoms with Crippen molar-refractivity contribution >= 4 is 19.9 Å². The lowest BCUT2D eigenvalue weighted by molar-refractivity contribution is -0.000483. The summed E-state index contributed by atoms with van der Waals surface area (Å²) in [6.07, 6.45) is -5.20. The fourth-order valence-corrected chi connectivity index (χ4v) is 4.87. The number of sulfone groups is 1. The minimum absolute atomic E-state index is 0.0531. The highest BCUT2D eigenvalue weighted by Crippen LogP contribution is 2.18. The zero-order valence-corrected chi connectivity index (χ0v) is 11.1. The number of rotatable bonds is 5. The van der Waals surface area contributed by atoms with Crippen molar-refractivity contribution in [2.24, 2.45) is 0 Å². The summed E-state index contributed by atoms with van der Waals surface area (Å²) >= 11 is 0. The van der Waals surface area contributed by atoms with E-state index in [1.54, 1.807) is 0 Å². The molecule has 1 unspecified atom stereocenters. The molecule has 10 heteroatoms. The largest absolute Gasteiger partial charge is 0.386 e. The van der Waals surface area contributed by atoms with Gasteiger partial charge in [-0.2, -0.15) is 0 Å². The second-order valence-electron chi connectivity index (χ2n) is 4.15. The number of hydrogen-bond acceptors (Lipinski definition) is 5. The molecule has 0 aromatic heterocycles. The Kier molecular flexibility index (Phi) is 5.04. The van der Waals surface area contributed by atoms with Crippen LogP contribution in [-0.4, -0.2) is 57.8 Å². The lowest BCUT2D eigenvalue weighted by Crippen LogP contribution is -2.43. The molecule has 0 saturated carbocycles. The molecule has 108 valence electrons. The number of alkyl halides is 2. The monoisotopic (exact) mass is 307 g/mol. The van der Waals surface area contributed by atoms with Gasteiger partial charge in [-0.15, -0.1) is 0 Å². The van der Waals surface area contributed by atoms with Crippen LogP contribution in [0.4, 0.5) is 8.78 Å². The number of sulfonamides is 1. The van der Waals surface area contributed by atoms with Crippen LogP contribution in [-0.2, 0) is 19.9 Å². The maximum Gasteiger partial charge on any atom is 0.265 e. The zero-order chi connectivity index (χ0) is 14.0. The summed E-state index contributed by atoms with van der Waals surface area (Å²) in [4.78, 5) is 0. The number of aliphatic hydroxyl groups excluding tert-OH is 1. The van der Waals surface area contributed by atoms with E-state index in [2.05, 4.69) is 0 Å². The van der Waals surface area contributed by atoms with Gasteiger partial charge in [0.2, 0.25) is 10.0 Å². The first-order valence-electron chi connectivity index (χ1n) is 5.29. The van der Waals surface area contributed by atoms with Crippen molar-refractivity contribution in [1.29, 1.82) is 0 Å². The number of nitrogens with one attached hydrogen (secondary N) is 1. The summed E-state index contributed by atoms with van der Waals surface area (Å²) in [5.74, 6) is -0.452. The SMILES string of the molecule is O=S1(=O)CCC(S(=O)(=O)NCC(O)C(F)F)CC1. The van der Waals surface area contributed by atoms with E-state index < -0.39 is 44.2 Å². The topological polar surface area (TPSA) is 101 Å². The number of hydrogen-bond donors (Lipinski definition) is 2. The number of aliphatic hydroxyl groups is 1. The van der Waals surface area contributed by atoms with Crippen LogP contribution in [0.3, 0.4) is 0 Å². The molecular formula is C8H15F2NO5S2. The van der Waals surface area contributed by atoms with Gasteiger partial charge >= 0.3 is 0 Å². The van der Waals surface area contributed by atoms with Gasteiger partial charge < -0.3 is 5.11 Å². The Morgan fingerprint density at radius 3 is 2.22 bits per heavy atom. The van der Waals surface area contributed by atoms with E-state index in [1.807, 2.05) is 4.72 Å². The first kappa shape index (κ1) is 15.7. The molecule has 1 atom stereocenters. The third-order valence-corrected chi connectivity index (χ3v) is 6.36. The molecule has 1 heterocycles. The Balaban J connectivity index is 2.55. The lowest BCUT2D eigenvalue weighted by atomic mass is 10.2. The minimum atomic E-state index is -3.87. The fourth-order valence-electron chi connectivity index (χ4n) is 1.59. The van der Waals surface area contributed by atoms with Gasteiger partial charge in [0.05, 0.1) is 16.8 Å². The molecule has 18 heavy (non-hydrogen) atoms. The second-order valence-corrected chi connectivity index (χ2v) is 8.50. The summed E-state index contributed by atoms with van der Waals surface area (Å²) in [7, 11) is -7.05. The van der Waals surface area contributed by atoms with E-state index >= 15 is 0 Å². The molecule has 0 aliphatic carbocycles. The number of halogens is 2. The van der Waals surface area contributed by atoms with Crippen LogP contribution in [0.2, 0.25) is 0 Å². The van der Waals surface area contributed by atoms with Gasteiger partial charge in [0, 0.05) is 6.54 Å². The van der Waals surface area contributed by atoms with E-state index in [0.717, 1.165) is 0 Å². The van der Waals surface area contributed by atoms with E-state index in [9.17, 15) is 25.6 Å². The molecule has 0 amide bonds. The van der Waals surface area contributed by atoms with Crippen LogP contribution in [0, 0.1) is 0 Å². The van der Waals surface area contributed by atoms with Crippen molar-refractivity contribution in [3.05, 3.63) is 0 Å². The first-order chi connectivity index (χ1) is 8.14. The molecule has 1 aliphatic heterocycles. The van der Waals surface area contributed by atoms with Crippen LogP contribution in [0.15, 0.2) is 0 Å². The van der Waals surface area contributed by atoms with Crippen molar-refractivity contribution in [2.45, 2.75) is 30.6 Å². The standard InChI is InChI=1S/C8H15F2NO5S2/c9-8(10)7(12)5-11-18(15,16)6-1-3-17(13,14)4-2-6/h6-8,11-12H,1-5H2. The van der Waals surface area contributed by atoms with Crippen LogP contribution < -0.4 is 4.72 Å². The van der Waals surface area contributed by atoms with E-state index in [0.29, 0.717) is 0 Å². The summed E-state index contributed by atoms with van der Waals surface area (Å²) < 4.78 is 71.4. The molecule has 1 aliphatic rings. The molecule has 0 radical (unpaired) electrons. The summed E-state index contributed by atoms with van der Waals surface area (Å²) in [5.41, 5.74) is 0. The Bertz CT molecular complexity index is 462. The van der Waals surface area contributed by atoms with E-state index in [4.69, 9.17) is 5.11 Å². The van der Waals surface area contributed by atoms with Crippen LogP contribution in [0.5, 0.6) is 0 Å². The Morgan fingerprint density at radius 2 is 1.78 bits per heavy atom. The van der Waals surface area contributed by atoms with Crippen LogP contribution in [0.25, 0.3) is 0 Å². The predicted octanol–water partition coefficient (Wildman–Crippen LogP) is -0.891. The molecule has 6 nitrogen and oxygen atoms in total. The summed E-state index contributed by atoms with van der Waals surface area (Å²) in [6, 6.07) is 0. The highest BCUT2D eigenvalue weighted by atomic mass is 32.2. The second kappa shape index (κ2) is 5.76. The smallest absolute Gasteiger partial charge is 0.265 e. The molecule has 0 spiro atoms. The predicted molar refractivity (Wildman–Crippen MR) is 60.6 cm³/mol. The molecule has 0 aromatic rings. The van der Waals surface area contributed by atoms with Crippen LogP contribution in [0.1, 0.15) is 12.8 Å². The first-order valence-corrected chi connectivity index (χ1v) is 8.66. The van der Waals surface area contributed by atoms with Gasteiger partial charge in [0.25, 0.3) is 6.43 Å². The highest BCUT2D eigenvalue weighted by Gasteiger charge is 2.33. The van der Waals surface area contributed by atoms with Gasteiger partial charge in [-0.25, -0.2) is 30.3 Å². The van der Waals surface area contributed by atoms with Crippen molar-refractivity contribution in [3.63, 3.8) is 0 Å². The Morgan fingerprint density at radius 1 is 1.28 bits per heavy atom. The van der Waals surface area contributed by atoms with E-state index in [-0.39, 0.29) is 24.3 Å². The molecule has 1 saturated heterocycles. The van der Waals surface area contributed by atoms with Crippen molar-refractivity contribution in [2.75, 3.05) is 18.1 Å². The fraction of sp³-hybridized carbons (Fsp3) is 1.00. The third kappa shape index (κ3) is 4.41. The summed E-state index contributed by atoms with van der Waals surface area (Å²) in [5, 5.41) is 7.89. The molecular weight excluding hydrogens is 292 g/mol. The van der Waals surface area contributed by atoms with Gasteiger partial charge in [0.15, 0.2) is 0 Å². The molecule has 0 bridgehead atoms. The lowest BCUT2D eigenvalue weighted by Gasteiger charge is -2.22. The molecule has 0 aromatic carbocycles. The summed E-state index contributed by atoms with van der Waals surface area (Å²) in [6.45, 7) is -0.775. The Labute approximate surface area is 104 Å². The molecule has 1 fully saturated rings. The van der Waals surface area contributed by atoms with E-state index in [1.165, 1.54) is 0 Å². The quantitative estimate of drug-likeness (QED) is 0.686. The van der Waals surface area contributed by atoms with Gasteiger partial charge in [-0.1, -0.05) is 0 Å². The highest BCUT2D eigenvalue weighted by molar-refractivity contribution is 7.92. The molecule has 2 N–H and O–H groups in total. The third-order valence-electron chi connectivity index (χ3n) is 2.73. The van der Waals surface area contributed by atoms with Gasteiger partial charge in [0.1, 0.15) is 15.9 Å². The van der Waals surface area contributed by atoms with Crippen molar-refractivity contribution < 1.29 is 30.7 Å². The van der Waals surface area contributed by atoms with Crippen molar-refractivity contribution in [1.82, 2.24) is 4.72 Å². The van der Waals surface area contributed by atoms with Crippen molar-refractivity contribution in [3.8, 4) is 0 Å². The maximum absolute atomic E-state index is 12.0. The van der Waals surface area contributed by atoms with Crippen LogP contribution >= 0.6 is 0 Å². The average Bonchev–Trinajstić information content (AvgIpc) is 2.25. The zero-order valence-electron chi connectivity index (χ0n) is 9.42. The normalized spacial score (nSPS) is 23.1.